The zero-order valence-corrected chi connectivity index (χ0v) is 11.0. The molecule has 0 saturated heterocycles. The number of hydrogen-bond acceptors (Lipinski definition) is 2. The van der Waals surface area contributed by atoms with E-state index in [0.717, 1.165) is 11.3 Å². The highest BCUT2D eigenvalue weighted by molar-refractivity contribution is 6.31. The average molecular weight is 265 g/mol. The lowest BCUT2D eigenvalue weighted by Gasteiger charge is -2.23. The lowest BCUT2D eigenvalue weighted by molar-refractivity contribution is 0.627. The molecule has 18 heavy (non-hydrogen) atoms. The number of nitrogen functional groups attached to an aromatic ring is 1. The van der Waals surface area contributed by atoms with Crippen LogP contribution in [0.15, 0.2) is 36.4 Å². The zero-order chi connectivity index (χ0) is 13.3. The molecular formula is C14H14ClFN2. The molecule has 0 radical (unpaired) electrons. The van der Waals surface area contributed by atoms with E-state index < -0.39 is 0 Å². The molecule has 0 bridgehead atoms. The van der Waals surface area contributed by atoms with Gasteiger partial charge in [0.15, 0.2) is 0 Å². The third-order valence-corrected chi connectivity index (χ3v) is 3.18. The SMILES string of the molecule is Cc1c(N)cc(Cl)cc1N(C)c1ccccc1F. The molecule has 4 heteroatoms. The van der Waals surface area contributed by atoms with Gasteiger partial charge in [0.05, 0.1) is 5.69 Å². The van der Waals surface area contributed by atoms with E-state index >= 15 is 0 Å². The van der Waals surface area contributed by atoms with Crippen LogP contribution in [-0.4, -0.2) is 7.05 Å². The second kappa shape index (κ2) is 4.86. The molecule has 0 aliphatic heterocycles. The first-order valence-electron chi connectivity index (χ1n) is 5.54. The van der Waals surface area contributed by atoms with Crippen LogP contribution in [0.3, 0.4) is 0 Å². The molecule has 2 rings (SSSR count). The van der Waals surface area contributed by atoms with Crippen LogP contribution in [0, 0.1) is 12.7 Å². The first kappa shape index (κ1) is 12.7. The molecule has 0 heterocycles. The maximum Gasteiger partial charge on any atom is 0.146 e. The number of hydrogen-bond donors (Lipinski definition) is 1. The maximum absolute atomic E-state index is 13.8. The fourth-order valence-corrected chi connectivity index (χ4v) is 2.11. The molecule has 0 aliphatic carbocycles. The molecule has 94 valence electrons. The number of nitrogens with two attached hydrogens (primary N) is 1. The Balaban J connectivity index is 2.53. The van der Waals surface area contributed by atoms with Crippen molar-refractivity contribution >= 4 is 28.7 Å². The van der Waals surface area contributed by atoms with E-state index in [1.807, 2.05) is 6.92 Å². The summed E-state index contributed by atoms with van der Waals surface area (Å²) in [6.45, 7) is 1.89. The van der Waals surface area contributed by atoms with Crippen molar-refractivity contribution in [1.82, 2.24) is 0 Å². The third kappa shape index (κ3) is 2.27. The molecule has 2 aromatic rings. The summed E-state index contributed by atoms with van der Waals surface area (Å²) in [5, 5.41) is 0.538. The summed E-state index contributed by atoms with van der Waals surface area (Å²) in [5.74, 6) is -0.280. The summed E-state index contributed by atoms with van der Waals surface area (Å²) in [6.07, 6.45) is 0. The third-order valence-electron chi connectivity index (χ3n) is 2.96. The second-order valence-electron chi connectivity index (χ2n) is 4.15. The van der Waals surface area contributed by atoms with Gasteiger partial charge in [0.1, 0.15) is 5.82 Å². The minimum absolute atomic E-state index is 0.280. The van der Waals surface area contributed by atoms with Crippen LogP contribution in [0.4, 0.5) is 21.5 Å². The van der Waals surface area contributed by atoms with E-state index in [-0.39, 0.29) is 5.82 Å². The topological polar surface area (TPSA) is 29.3 Å². The Kier molecular flexibility index (Phi) is 3.43. The number of halogens is 2. The molecule has 2 nitrogen and oxygen atoms in total. The van der Waals surface area contributed by atoms with Crippen LogP contribution in [0.5, 0.6) is 0 Å². The van der Waals surface area contributed by atoms with Crippen molar-refractivity contribution < 1.29 is 4.39 Å². The van der Waals surface area contributed by atoms with Gasteiger partial charge in [-0.05, 0) is 36.8 Å². The van der Waals surface area contributed by atoms with Gasteiger partial charge in [-0.25, -0.2) is 4.39 Å². The van der Waals surface area contributed by atoms with Crippen LogP contribution in [0.2, 0.25) is 5.02 Å². The van der Waals surface area contributed by atoms with E-state index in [1.54, 1.807) is 42.3 Å². The largest absolute Gasteiger partial charge is 0.398 e. The van der Waals surface area contributed by atoms with Gasteiger partial charge in [-0.15, -0.1) is 0 Å². The number of para-hydroxylation sites is 1. The lowest BCUT2D eigenvalue weighted by Crippen LogP contribution is -2.13. The van der Waals surface area contributed by atoms with E-state index in [4.69, 9.17) is 17.3 Å². The summed E-state index contributed by atoms with van der Waals surface area (Å²) in [4.78, 5) is 1.74. The van der Waals surface area contributed by atoms with Crippen LogP contribution in [-0.2, 0) is 0 Å². The highest BCUT2D eigenvalue weighted by atomic mass is 35.5. The Hall–Kier alpha value is -1.74. The van der Waals surface area contributed by atoms with Crippen molar-refractivity contribution in [2.24, 2.45) is 0 Å². The maximum atomic E-state index is 13.8. The first-order chi connectivity index (χ1) is 8.50. The van der Waals surface area contributed by atoms with E-state index in [1.165, 1.54) is 6.07 Å². The predicted molar refractivity (Wildman–Crippen MR) is 75.1 cm³/mol. The minimum Gasteiger partial charge on any atom is -0.398 e. The summed E-state index contributed by atoms with van der Waals surface area (Å²) in [5.41, 5.74) is 8.63. The quantitative estimate of drug-likeness (QED) is 0.826. The summed E-state index contributed by atoms with van der Waals surface area (Å²) in [7, 11) is 1.79. The Labute approximate surface area is 111 Å². The fourth-order valence-electron chi connectivity index (χ4n) is 1.89. The van der Waals surface area contributed by atoms with E-state index in [9.17, 15) is 4.39 Å². The Morgan fingerprint density at radius 1 is 1.17 bits per heavy atom. The molecule has 2 N–H and O–H groups in total. The highest BCUT2D eigenvalue weighted by Gasteiger charge is 2.13. The summed E-state index contributed by atoms with van der Waals surface area (Å²) in [6, 6.07) is 10.1. The minimum atomic E-state index is -0.280. The highest BCUT2D eigenvalue weighted by Crippen LogP contribution is 2.33. The fraction of sp³-hybridized carbons (Fsp3) is 0.143. The van der Waals surface area contributed by atoms with E-state index in [2.05, 4.69) is 0 Å². The standard InChI is InChI=1S/C14H14ClFN2/c1-9-12(17)7-10(15)8-14(9)18(2)13-6-4-3-5-11(13)16/h3-8H,17H2,1-2H3. The van der Waals surface area contributed by atoms with Gasteiger partial charge < -0.3 is 10.6 Å². The zero-order valence-electron chi connectivity index (χ0n) is 10.2. The molecule has 0 aromatic heterocycles. The molecule has 0 unspecified atom stereocenters. The lowest BCUT2D eigenvalue weighted by atomic mass is 10.1. The molecule has 2 aromatic carbocycles. The van der Waals surface area contributed by atoms with Crippen LogP contribution in [0.25, 0.3) is 0 Å². The Morgan fingerprint density at radius 3 is 2.50 bits per heavy atom. The average Bonchev–Trinajstić information content (AvgIpc) is 2.33. The van der Waals surface area contributed by atoms with E-state index in [0.29, 0.717) is 16.4 Å². The van der Waals surface area contributed by atoms with Gasteiger partial charge in [-0.2, -0.15) is 0 Å². The summed E-state index contributed by atoms with van der Waals surface area (Å²) < 4.78 is 13.8. The molecule has 0 spiro atoms. The van der Waals surface area contributed by atoms with Crippen molar-refractivity contribution in [3.8, 4) is 0 Å². The van der Waals surface area contributed by atoms with Gasteiger partial charge >= 0.3 is 0 Å². The Bertz CT molecular complexity index is 584. The van der Waals surface area contributed by atoms with Crippen LogP contribution in [0.1, 0.15) is 5.56 Å². The van der Waals surface area contributed by atoms with Gasteiger partial charge in [-0.1, -0.05) is 23.7 Å². The second-order valence-corrected chi connectivity index (χ2v) is 4.59. The predicted octanol–water partition coefficient (Wildman–Crippen LogP) is 4.14. The summed E-state index contributed by atoms with van der Waals surface area (Å²) >= 11 is 5.99. The van der Waals surface area contributed by atoms with Crippen molar-refractivity contribution in [2.45, 2.75) is 6.92 Å². The smallest absolute Gasteiger partial charge is 0.146 e. The monoisotopic (exact) mass is 264 g/mol. The van der Waals surface area contributed by atoms with Gasteiger partial charge in [0.25, 0.3) is 0 Å². The molecule has 0 fully saturated rings. The number of benzene rings is 2. The molecule has 0 atom stereocenters. The van der Waals surface area contributed by atoms with Crippen LogP contribution >= 0.6 is 11.6 Å². The first-order valence-corrected chi connectivity index (χ1v) is 5.92. The van der Waals surface area contributed by atoms with Gasteiger partial charge in [0, 0.05) is 23.4 Å². The molecule has 0 saturated carbocycles. The molecular weight excluding hydrogens is 251 g/mol. The number of rotatable bonds is 2. The van der Waals surface area contributed by atoms with Crippen LogP contribution < -0.4 is 10.6 Å². The number of nitrogens with zero attached hydrogens (tertiary/aromatic N) is 1. The van der Waals surface area contributed by atoms with Gasteiger partial charge in [0.2, 0.25) is 0 Å². The Morgan fingerprint density at radius 2 is 1.83 bits per heavy atom. The number of anilines is 3. The molecule has 0 aliphatic rings. The van der Waals surface area contributed by atoms with Crippen molar-refractivity contribution in [3.05, 3.63) is 52.8 Å². The normalized spacial score (nSPS) is 10.4. The van der Waals surface area contributed by atoms with Gasteiger partial charge in [-0.3, -0.25) is 0 Å². The van der Waals surface area contributed by atoms with Crippen molar-refractivity contribution in [1.29, 1.82) is 0 Å². The van der Waals surface area contributed by atoms with Crippen molar-refractivity contribution in [2.75, 3.05) is 17.7 Å². The van der Waals surface area contributed by atoms with Crippen molar-refractivity contribution in [3.63, 3.8) is 0 Å². The molecule has 0 amide bonds.